The summed E-state index contributed by atoms with van der Waals surface area (Å²) in [6, 6.07) is 33.7. The maximum atomic E-state index is 7.00. The fourth-order valence-corrected chi connectivity index (χ4v) is 4.62. The van der Waals surface area contributed by atoms with E-state index in [1.165, 1.54) is 0 Å². The zero-order chi connectivity index (χ0) is 25.1. The smallest absolute Gasteiger partial charge is 0.144 e. The summed E-state index contributed by atoms with van der Waals surface area (Å²) in [6.07, 6.45) is 1.84. The van der Waals surface area contributed by atoms with Crippen molar-refractivity contribution < 1.29 is 39.2 Å². The third-order valence-corrected chi connectivity index (χ3v) is 6.04. The monoisotopic (exact) mass is 667 g/mol. The number of para-hydroxylation sites is 2. The average molecular weight is 667 g/mol. The molecule has 0 saturated heterocycles. The van der Waals surface area contributed by atoms with Crippen molar-refractivity contribution in [3.05, 3.63) is 103 Å². The molecule has 4 aromatic carbocycles. The van der Waals surface area contributed by atoms with E-state index in [2.05, 4.69) is 35.3 Å². The van der Waals surface area contributed by atoms with E-state index in [9.17, 15) is 0 Å². The predicted molar refractivity (Wildman–Crippen MR) is 145 cm³/mol. The number of fused-ring (bicyclic) bond motifs is 7. The van der Waals surface area contributed by atoms with Crippen molar-refractivity contribution in [2.45, 2.75) is 0 Å². The van der Waals surface area contributed by atoms with Crippen LogP contribution in [0.2, 0.25) is 0 Å². The molecule has 0 atom stereocenters. The van der Waals surface area contributed by atoms with Crippen LogP contribution in [0.15, 0.2) is 106 Å². The molecule has 0 aliphatic carbocycles. The van der Waals surface area contributed by atoms with Gasteiger partial charge in [-0.3, -0.25) is 0 Å². The number of aliphatic hydroxyl groups is 2. The Morgan fingerprint density at radius 2 is 1.32 bits per heavy atom. The molecule has 0 aliphatic rings. The normalized spacial score (nSPS) is 10.5. The Morgan fingerprint density at radius 3 is 2.03 bits per heavy atom. The van der Waals surface area contributed by atoms with Gasteiger partial charge in [0.25, 0.3) is 0 Å². The number of nitrogens with zero attached hydrogens (tertiary/aromatic N) is 1. The molecule has 0 bridgehead atoms. The van der Waals surface area contributed by atoms with Crippen molar-refractivity contribution in [3.63, 3.8) is 0 Å². The first kappa shape index (κ1) is 26.3. The van der Waals surface area contributed by atoms with Crippen molar-refractivity contribution in [2.24, 2.45) is 0 Å². The number of hydrogen-bond acceptors (Lipinski definition) is 5. The Kier molecular flexibility index (Phi) is 8.17. The van der Waals surface area contributed by atoms with Gasteiger partial charge in [-0.25, -0.2) is 0 Å². The van der Waals surface area contributed by atoms with Gasteiger partial charge in [-0.1, -0.05) is 42.5 Å². The largest absolute Gasteiger partial charge is 0.456 e. The second kappa shape index (κ2) is 11.5. The number of hydrogen-bond donors (Lipinski definition) is 2. The number of aliphatic hydroxyl groups excluding tert-OH is 2. The Morgan fingerprint density at radius 1 is 0.676 bits per heavy atom. The SMILES string of the molecule is CO.CO.[Ir].[c-]1ccccc1-c1cc(-c2cc3oc4ccccc4c3c3c2oc2ccccc23)ccn1. The van der Waals surface area contributed by atoms with Crippen LogP contribution >= 0.6 is 0 Å². The number of rotatable bonds is 2. The summed E-state index contributed by atoms with van der Waals surface area (Å²) < 4.78 is 12.7. The van der Waals surface area contributed by atoms with Crippen LogP contribution in [-0.4, -0.2) is 29.4 Å². The second-order valence-corrected chi connectivity index (χ2v) is 7.90. The molecule has 3 heterocycles. The molecule has 2 N–H and O–H groups in total. The molecule has 0 saturated carbocycles. The van der Waals surface area contributed by atoms with Crippen LogP contribution in [0, 0.1) is 6.07 Å². The molecule has 7 aromatic rings. The predicted octanol–water partition coefficient (Wildman–Crippen LogP) is 7.23. The summed E-state index contributed by atoms with van der Waals surface area (Å²) >= 11 is 0. The summed E-state index contributed by atoms with van der Waals surface area (Å²) in [5.41, 5.74) is 7.30. The van der Waals surface area contributed by atoms with Crippen LogP contribution < -0.4 is 0 Å². The molecule has 187 valence electrons. The van der Waals surface area contributed by atoms with E-state index >= 15 is 0 Å². The van der Waals surface area contributed by atoms with Crippen LogP contribution in [0.4, 0.5) is 0 Å². The van der Waals surface area contributed by atoms with Crippen molar-refractivity contribution in [1.82, 2.24) is 4.98 Å². The van der Waals surface area contributed by atoms with Gasteiger partial charge in [0.15, 0.2) is 0 Å². The topological polar surface area (TPSA) is 79.6 Å². The van der Waals surface area contributed by atoms with Gasteiger partial charge in [-0.15, -0.1) is 35.9 Å². The third kappa shape index (κ3) is 4.57. The molecule has 0 aliphatic heterocycles. The number of benzene rings is 4. The molecule has 0 fully saturated rings. The fraction of sp³-hybridized carbons (Fsp3) is 0.0645. The van der Waals surface area contributed by atoms with E-state index in [-0.39, 0.29) is 20.1 Å². The van der Waals surface area contributed by atoms with Gasteiger partial charge < -0.3 is 24.0 Å². The molecule has 3 aromatic heterocycles. The molecule has 7 rings (SSSR count). The molecule has 1 radical (unpaired) electrons. The summed E-state index contributed by atoms with van der Waals surface area (Å²) in [7, 11) is 2.00. The number of pyridine rings is 1. The van der Waals surface area contributed by atoms with Gasteiger partial charge in [0.05, 0.1) is 0 Å². The van der Waals surface area contributed by atoms with Gasteiger partial charge in [-0.2, -0.15) is 0 Å². The summed E-state index contributed by atoms with van der Waals surface area (Å²) in [4.78, 5) is 4.57. The van der Waals surface area contributed by atoms with Gasteiger partial charge in [0, 0.05) is 67.6 Å². The number of furan rings is 2. The van der Waals surface area contributed by atoms with Gasteiger partial charge in [0.1, 0.15) is 22.3 Å². The third-order valence-electron chi connectivity index (χ3n) is 6.04. The van der Waals surface area contributed by atoms with Crippen LogP contribution in [-0.2, 0) is 20.1 Å². The molecule has 0 amide bonds. The van der Waals surface area contributed by atoms with Crippen LogP contribution in [0.1, 0.15) is 0 Å². The maximum Gasteiger partial charge on any atom is 0.144 e. The second-order valence-electron chi connectivity index (χ2n) is 7.90. The number of aromatic nitrogens is 1. The van der Waals surface area contributed by atoms with Crippen LogP contribution in [0.3, 0.4) is 0 Å². The first-order valence-corrected chi connectivity index (χ1v) is 11.5. The zero-order valence-electron chi connectivity index (χ0n) is 20.2. The van der Waals surface area contributed by atoms with E-state index in [0.29, 0.717) is 0 Å². The molecule has 0 spiro atoms. The molecule has 5 nitrogen and oxygen atoms in total. The minimum absolute atomic E-state index is 0. The Balaban J connectivity index is 0.000000613. The summed E-state index contributed by atoms with van der Waals surface area (Å²) in [5, 5.41) is 18.4. The van der Waals surface area contributed by atoms with Gasteiger partial charge in [0.2, 0.25) is 0 Å². The molecule has 6 heteroatoms. The molecule has 37 heavy (non-hydrogen) atoms. The Hall–Kier alpha value is -3.80. The van der Waals surface area contributed by atoms with E-state index in [1.54, 1.807) is 0 Å². The van der Waals surface area contributed by atoms with Crippen molar-refractivity contribution in [3.8, 4) is 22.4 Å². The molecular weight excluding hydrogens is 643 g/mol. The minimum Gasteiger partial charge on any atom is -0.456 e. The quantitative estimate of drug-likeness (QED) is 0.191. The first-order valence-electron chi connectivity index (χ1n) is 11.5. The van der Waals surface area contributed by atoms with E-state index in [1.807, 2.05) is 72.9 Å². The summed E-state index contributed by atoms with van der Waals surface area (Å²) in [6.45, 7) is 0. The molecular formula is C31H24IrNO4-. The van der Waals surface area contributed by atoms with E-state index in [4.69, 9.17) is 19.0 Å². The van der Waals surface area contributed by atoms with Crippen LogP contribution in [0.5, 0.6) is 0 Å². The average Bonchev–Trinajstić information content (AvgIpc) is 3.53. The maximum absolute atomic E-state index is 7.00. The first-order chi connectivity index (χ1) is 17.9. The van der Waals surface area contributed by atoms with Gasteiger partial charge >= 0.3 is 0 Å². The minimum atomic E-state index is 0. The van der Waals surface area contributed by atoms with E-state index in [0.717, 1.165) is 80.5 Å². The van der Waals surface area contributed by atoms with Crippen molar-refractivity contribution in [2.75, 3.05) is 14.2 Å². The fourth-order valence-electron chi connectivity index (χ4n) is 4.62. The van der Waals surface area contributed by atoms with Crippen molar-refractivity contribution >= 4 is 43.9 Å². The van der Waals surface area contributed by atoms with Gasteiger partial charge in [-0.05, 0) is 35.5 Å². The van der Waals surface area contributed by atoms with Crippen molar-refractivity contribution in [1.29, 1.82) is 0 Å². The zero-order valence-corrected chi connectivity index (χ0v) is 22.6. The Labute approximate surface area is 227 Å². The standard InChI is InChI=1S/C29H16NO2.2CH4O.Ir/c1-2-8-18(9-3-1)23-16-19(14-15-30-23)22-17-26-27(20-10-4-6-12-24(20)31-26)28-21-11-5-7-13-25(21)32-29(22)28;2*1-2;/h1-8,10-17H;2*2H,1H3;/q-1;;;. The molecule has 0 unspecified atom stereocenters. The van der Waals surface area contributed by atoms with E-state index < -0.39 is 0 Å². The van der Waals surface area contributed by atoms with Crippen LogP contribution in [0.25, 0.3) is 66.3 Å². The summed E-state index contributed by atoms with van der Waals surface area (Å²) in [5.74, 6) is 0. The Bertz CT molecular complexity index is 1790.